The summed E-state index contributed by atoms with van der Waals surface area (Å²) < 4.78 is 37.9. The number of hydrogen-bond donors (Lipinski definition) is 1. The van der Waals surface area contributed by atoms with Crippen molar-refractivity contribution in [2.24, 2.45) is 5.92 Å². The van der Waals surface area contributed by atoms with Crippen molar-refractivity contribution in [2.75, 3.05) is 7.05 Å². The van der Waals surface area contributed by atoms with Crippen molar-refractivity contribution in [3.63, 3.8) is 0 Å². The summed E-state index contributed by atoms with van der Waals surface area (Å²) in [5.41, 5.74) is 0. The minimum Gasteiger partial charge on any atom is -0.311 e. The molecular weight excluding hydrogens is 287 g/mol. The molecule has 0 saturated heterocycles. The van der Waals surface area contributed by atoms with Gasteiger partial charge in [-0.3, -0.25) is 0 Å². The van der Waals surface area contributed by atoms with Crippen LogP contribution in [0.1, 0.15) is 61.0 Å². The van der Waals surface area contributed by atoms with Gasteiger partial charge in [-0.1, -0.05) is 18.3 Å². The average Bonchev–Trinajstić information content (AvgIpc) is 2.89. The van der Waals surface area contributed by atoms with Gasteiger partial charge in [0.25, 0.3) is 0 Å². The Morgan fingerprint density at radius 3 is 2.40 bits per heavy atom. The zero-order chi connectivity index (χ0) is 14.8. The molecular formula is C13H20F3N3S. The van der Waals surface area contributed by atoms with Crippen LogP contribution in [0.5, 0.6) is 0 Å². The molecule has 1 N–H and O–H groups in total. The molecule has 1 fully saturated rings. The van der Waals surface area contributed by atoms with E-state index in [4.69, 9.17) is 0 Å². The highest BCUT2D eigenvalue weighted by Crippen LogP contribution is 2.43. The predicted octanol–water partition coefficient (Wildman–Crippen LogP) is 4.04. The number of nitrogens with zero attached hydrogens (tertiary/aromatic N) is 2. The van der Waals surface area contributed by atoms with Gasteiger partial charge in [0.15, 0.2) is 0 Å². The van der Waals surface area contributed by atoms with E-state index >= 15 is 0 Å². The Labute approximate surface area is 121 Å². The monoisotopic (exact) mass is 307 g/mol. The molecule has 1 saturated carbocycles. The maximum Gasteiger partial charge on any atom is 0.391 e. The molecule has 0 bridgehead atoms. The maximum atomic E-state index is 12.6. The third-order valence-corrected chi connectivity index (χ3v) is 5.25. The fourth-order valence-corrected chi connectivity index (χ4v) is 3.93. The summed E-state index contributed by atoms with van der Waals surface area (Å²) in [6.07, 6.45) is -1.56. The zero-order valence-electron chi connectivity index (χ0n) is 11.7. The number of halogens is 3. The summed E-state index contributed by atoms with van der Waals surface area (Å²) in [6, 6.07) is 0.188. The van der Waals surface area contributed by atoms with Gasteiger partial charge in [-0.25, -0.2) is 0 Å². The van der Waals surface area contributed by atoms with Gasteiger partial charge in [-0.2, -0.15) is 13.2 Å². The Morgan fingerprint density at radius 1 is 1.25 bits per heavy atom. The Morgan fingerprint density at radius 2 is 1.90 bits per heavy atom. The fraction of sp³-hybridized carbons (Fsp3) is 0.846. The highest BCUT2D eigenvalue weighted by molar-refractivity contribution is 7.11. The first-order valence-electron chi connectivity index (χ1n) is 7.03. The standard InChI is InChI=1S/C13H20F3N3S/c1-3-10(17-2)12-19-18-11(20-12)8-4-6-9(7-5-8)13(14,15)16/h8-10,17H,3-7H2,1-2H3. The topological polar surface area (TPSA) is 37.8 Å². The number of hydrogen-bond acceptors (Lipinski definition) is 4. The van der Waals surface area contributed by atoms with E-state index in [9.17, 15) is 13.2 Å². The molecule has 3 nitrogen and oxygen atoms in total. The van der Waals surface area contributed by atoms with Crippen molar-refractivity contribution >= 4 is 11.3 Å². The molecule has 1 aromatic heterocycles. The molecule has 0 aliphatic heterocycles. The average molecular weight is 307 g/mol. The smallest absolute Gasteiger partial charge is 0.311 e. The van der Waals surface area contributed by atoms with Crippen molar-refractivity contribution < 1.29 is 13.2 Å². The van der Waals surface area contributed by atoms with Gasteiger partial charge < -0.3 is 5.32 Å². The van der Waals surface area contributed by atoms with Crippen LogP contribution in [0.15, 0.2) is 0 Å². The van der Waals surface area contributed by atoms with E-state index in [1.165, 1.54) is 11.3 Å². The highest BCUT2D eigenvalue weighted by atomic mass is 32.1. The van der Waals surface area contributed by atoms with Crippen LogP contribution in [0.4, 0.5) is 13.2 Å². The van der Waals surface area contributed by atoms with Crippen molar-refractivity contribution in [3.05, 3.63) is 10.0 Å². The van der Waals surface area contributed by atoms with Crippen LogP contribution >= 0.6 is 11.3 Å². The third-order valence-electron chi connectivity index (χ3n) is 4.05. The first kappa shape index (κ1) is 15.7. The van der Waals surface area contributed by atoms with Gasteiger partial charge in [0.2, 0.25) is 0 Å². The van der Waals surface area contributed by atoms with Crippen LogP contribution in [-0.4, -0.2) is 23.4 Å². The minimum absolute atomic E-state index is 0.147. The molecule has 1 unspecified atom stereocenters. The second kappa shape index (κ2) is 6.39. The van der Waals surface area contributed by atoms with Crippen molar-refractivity contribution in [2.45, 2.75) is 57.2 Å². The fourth-order valence-electron chi connectivity index (χ4n) is 2.72. The Bertz CT molecular complexity index is 421. The molecule has 0 aromatic carbocycles. The van der Waals surface area contributed by atoms with Gasteiger partial charge >= 0.3 is 6.18 Å². The molecule has 1 heterocycles. The lowest BCUT2D eigenvalue weighted by atomic mass is 9.82. The van der Waals surface area contributed by atoms with Gasteiger partial charge in [0.1, 0.15) is 10.0 Å². The van der Waals surface area contributed by atoms with E-state index in [1.54, 1.807) is 0 Å². The van der Waals surface area contributed by atoms with E-state index in [0.29, 0.717) is 12.8 Å². The largest absolute Gasteiger partial charge is 0.391 e. The number of rotatable bonds is 4. The van der Waals surface area contributed by atoms with Crippen LogP contribution in [0.3, 0.4) is 0 Å². The quantitative estimate of drug-likeness (QED) is 0.912. The summed E-state index contributed by atoms with van der Waals surface area (Å²) >= 11 is 1.54. The summed E-state index contributed by atoms with van der Waals surface area (Å²) in [5.74, 6) is -0.985. The van der Waals surface area contributed by atoms with E-state index in [2.05, 4.69) is 22.4 Å². The van der Waals surface area contributed by atoms with Crippen molar-refractivity contribution in [3.8, 4) is 0 Å². The third kappa shape index (κ3) is 3.49. The van der Waals surface area contributed by atoms with E-state index < -0.39 is 12.1 Å². The molecule has 114 valence electrons. The van der Waals surface area contributed by atoms with Gasteiger partial charge in [0.05, 0.1) is 12.0 Å². The van der Waals surface area contributed by atoms with Crippen LogP contribution in [0.25, 0.3) is 0 Å². The van der Waals surface area contributed by atoms with Crippen LogP contribution in [0, 0.1) is 5.92 Å². The van der Waals surface area contributed by atoms with E-state index in [0.717, 1.165) is 16.4 Å². The highest BCUT2D eigenvalue weighted by Gasteiger charge is 2.42. The summed E-state index contributed by atoms with van der Waals surface area (Å²) in [7, 11) is 1.88. The molecule has 1 aliphatic rings. The van der Waals surface area contributed by atoms with E-state index in [1.807, 2.05) is 7.05 Å². The molecule has 20 heavy (non-hydrogen) atoms. The second-order valence-corrected chi connectivity index (χ2v) is 6.36. The van der Waals surface area contributed by atoms with Crippen LogP contribution in [0.2, 0.25) is 0 Å². The number of alkyl halides is 3. The molecule has 0 radical (unpaired) electrons. The predicted molar refractivity (Wildman–Crippen MR) is 72.8 cm³/mol. The van der Waals surface area contributed by atoms with Gasteiger partial charge in [0, 0.05) is 5.92 Å². The van der Waals surface area contributed by atoms with Crippen LogP contribution < -0.4 is 5.32 Å². The SMILES string of the molecule is CCC(NC)c1nnc(C2CCC(C(F)(F)F)CC2)s1. The van der Waals surface area contributed by atoms with Crippen molar-refractivity contribution in [1.29, 1.82) is 0 Å². The van der Waals surface area contributed by atoms with E-state index in [-0.39, 0.29) is 24.8 Å². The Balaban J connectivity index is 1.97. The second-order valence-electron chi connectivity index (χ2n) is 5.32. The first-order valence-corrected chi connectivity index (χ1v) is 7.84. The molecule has 0 amide bonds. The summed E-state index contributed by atoms with van der Waals surface area (Å²) in [5, 5.41) is 13.4. The van der Waals surface area contributed by atoms with Crippen LogP contribution in [-0.2, 0) is 0 Å². The lowest BCUT2D eigenvalue weighted by Crippen LogP contribution is -2.27. The first-order chi connectivity index (χ1) is 9.45. The molecule has 7 heteroatoms. The normalized spacial score (nSPS) is 25.6. The number of nitrogens with one attached hydrogen (secondary N) is 1. The Kier molecular flexibility index (Phi) is 5.01. The van der Waals surface area contributed by atoms with Gasteiger partial charge in [-0.15, -0.1) is 10.2 Å². The summed E-state index contributed by atoms with van der Waals surface area (Å²) in [6.45, 7) is 2.07. The van der Waals surface area contributed by atoms with Gasteiger partial charge in [-0.05, 0) is 39.2 Å². The molecule has 2 rings (SSSR count). The lowest BCUT2D eigenvalue weighted by molar-refractivity contribution is -0.182. The summed E-state index contributed by atoms with van der Waals surface area (Å²) in [4.78, 5) is 0. The maximum absolute atomic E-state index is 12.6. The van der Waals surface area contributed by atoms with Crippen molar-refractivity contribution in [1.82, 2.24) is 15.5 Å². The minimum atomic E-state index is -4.04. The molecule has 0 spiro atoms. The number of aromatic nitrogens is 2. The lowest BCUT2D eigenvalue weighted by Gasteiger charge is -2.28. The molecule has 1 atom stereocenters. The molecule has 1 aliphatic carbocycles. The zero-order valence-corrected chi connectivity index (χ0v) is 12.5. The Hall–Kier alpha value is -0.690. The molecule has 1 aromatic rings.